The van der Waals surface area contributed by atoms with E-state index < -0.39 is 0 Å². The van der Waals surface area contributed by atoms with Crippen LogP contribution < -0.4 is 5.32 Å². The van der Waals surface area contributed by atoms with Crippen molar-refractivity contribution in [3.05, 3.63) is 11.5 Å². The highest BCUT2D eigenvalue weighted by molar-refractivity contribution is 7.99. The fraction of sp³-hybridized carbons (Fsp3) is 0.500. The summed E-state index contributed by atoms with van der Waals surface area (Å²) in [6.07, 6.45) is 5.09. The minimum absolute atomic E-state index is 0.615. The van der Waals surface area contributed by atoms with Gasteiger partial charge in [-0.05, 0) is 13.8 Å². The number of hydrogen-bond acceptors (Lipinski definition) is 4. The maximum absolute atomic E-state index is 5.40. The number of nitrogens with zero attached hydrogens (tertiary/aromatic N) is 1. The van der Waals surface area contributed by atoms with E-state index in [9.17, 15) is 0 Å². The Bertz CT molecular complexity index is 308. The number of thioether (sulfide) groups is 1. The zero-order valence-electron chi connectivity index (χ0n) is 8.46. The van der Waals surface area contributed by atoms with Crippen LogP contribution in [0, 0.1) is 26.2 Å². The molecule has 0 aliphatic rings. The molecule has 0 aliphatic carbocycles. The SMILES string of the molecule is C#CCNCCSc1nc(C)c(C)o1. The van der Waals surface area contributed by atoms with Gasteiger partial charge in [0, 0.05) is 12.3 Å². The van der Waals surface area contributed by atoms with Gasteiger partial charge in [-0.25, -0.2) is 4.98 Å². The fourth-order valence-electron chi connectivity index (χ4n) is 0.876. The van der Waals surface area contributed by atoms with Crippen molar-refractivity contribution in [3.8, 4) is 12.3 Å². The van der Waals surface area contributed by atoms with E-state index in [-0.39, 0.29) is 0 Å². The first-order chi connectivity index (χ1) is 6.74. The number of oxazole rings is 1. The zero-order chi connectivity index (χ0) is 10.4. The zero-order valence-corrected chi connectivity index (χ0v) is 9.28. The third-order valence-corrected chi connectivity index (χ3v) is 2.57. The number of nitrogens with one attached hydrogen (secondary N) is 1. The number of rotatable bonds is 5. The summed E-state index contributed by atoms with van der Waals surface area (Å²) in [5.74, 6) is 4.33. The maximum Gasteiger partial charge on any atom is 0.256 e. The Morgan fingerprint density at radius 3 is 2.93 bits per heavy atom. The second-order valence-electron chi connectivity index (χ2n) is 2.85. The molecule has 0 unspecified atom stereocenters. The van der Waals surface area contributed by atoms with Crippen LogP contribution in [0.3, 0.4) is 0 Å². The molecule has 14 heavy (non-hydrogen) atoms. The van der Waals surface area contributed by atoms with Crippen LogP contribution in [-0.4, -0.2) is 23.8 Å². The number of aryl methyl sites for hydroxylation is 2. The molecule has 0 atom stereocenters. The molecule has 1 heterocycles. The summed E-state index contributed by atoms with van der Waals surface area (Å²) in [4.78, 5) is 4.26. The Kier molecular flexibility index (Phi) is 4.57. The van der Waals surface area contributed by atoms with E-state index in [1.807, 2.05) is 13.8 Å². The molecule has 4 heteroatoms. The van der Waals surface area contributed by atoms with Crippen LogP contribution in [0.25, 0.3) is 0 Å². The highest BCUT2D eigenvalue weighted by Crippen LogP contribution is 2.19. The third kappa shape index (κ3) is 3.44. The lowest BCUT2D eigenvalue weighted by Crippen LogP contribution is -2.16. The second kappa shape index (κ2) is 5.74. The summed E-state index contributed by atoms with van der Waals surface area (Å²) in [6.45, 7) is 5.35. The van der Waals surface area contributed by atoms with E-state index in [0.717, 1.165) is 29.0 Å². The molecule has 1 aromatic rings. The Hall–Kier alpha value is -0.920. The Balaban J connectivity index is 2.22. The maximum atomic E-state index is 5.40. The summed E-state index contributed by atoms with van der Waals surface area (Å²) < 4.78 is 5.40. The third-order valence-electron chi connectivity index (χ3n) is 1.74. The second-order valence-corrected chi connectivity index (χ2v) is 3.90. The lowest BCUT2D eigenvalue weighted by molar-refractivity contribution is 0.431. The average Bonchev–Trinajstić information content (AvgIpc) is 2.46. The molecular formula is C10H14N2OS. The Morgan fingerprint density at radius 2 is 2.36 bits per heavy atom. The van der Waals surface area contributed by atoms with E-state index in [1.165, 1.54) is 0 Å². The topological polar surface area (TPSA) is 38.1 Å². The number of hydrogen-bond donors (Lipinski definition) is 1. The molecule has 1 aromatic heterocycles. The normalized spacial score (nSPS) is 10.1. The average molecular weight is 210 g/mol. The van der Waals surface area contributed by atoms with Crippen LogP contribution >= 0.6 is 11.8 Å². The molecule has 0 spiro atoms. The molecule has 1 rings (SSSR count). The number of terminal acetylenes is 1. The van der Waals surface area contributed by atoms with E-state index in [2.05, 4.69) is 16.2 Å². The van der Waals surface area contributed by atoms with Gasteiger partial charge in [-0.1, -0.05) is 17.7 Å². The lowest BCUT2D eigenvalue weighted by atomic mass is 10.4. The predicted molar refractivity (Wildman–Crippen MR) is 58.4 cm³/mol. The van der Waals surface area contributed by atoms with Crippen molar-refractivity contribution >= 4 is 11.8 Å². The van der Waals surface area contributed by atoms with Gasteiger partial charge in [-0.3, -0.25) is 0 Å². The molecule has 1 N–H and O–H groups in total. The molecule has 0 saturated heterocycles. The van der Waals surface area contributed by atoms with Crippen molar-refractivity contribution in [2.45, 2.75) is 19.1 Å². The van der Waals surface area contributed by atoms with Crippen molar-refractivity contribution in [2.24, 2.45) is 0 Å². The molecule has 3 nitrogen and oxygen atoms in total. The first kappa shape index (κ1) is 11.2. The van der Waals surface area contributed by atoms with Gasteiger partial charge in [0.15, 0.2) is 0 Å². The molecule has 0 aliphatic heterocycles. The minimum Gasteiger partial charge on any atom is -0.437 e. The summed E-state index contributed by atoms with van der Waals surface area (Å²) in [5.41, 5.74) is 0.962. The lowest BCUT2D eigenvalue weighted by Gasteiger charge is -1.97. The first-order valence-corrected chi connectivity index (χ1v) is 5.43. The van der Waals surface area contributed by atoms with E-state index >= 15 is 0 Å². The van der Waals surface area contributed by atoms with Crippen LogP contribution in [0.5, 0.6) is 0 Å². The molecule has 0 fully saturated rings. The largest absolute Gasteiger partial charge is 0.437 e. The highest BCUT2D eigenvalue weighted by atomic mass is 32.2. The van der Waals surface area contributed by atoms with Crippen molar-refractivity contribution in [2.75, 3.05) is 18.8 Å². The van der Waals surface area contributed by atoms with E-state index in [1.54, 1.807) is 11.8 Å². The Morgan fingerprint density at radius 1 is 1.57 bits per heavy atom. The Labute approximate surface area is 88.7 Å². The van der Waals surface area contributed by atoms with Gasteiger partial charge in [0.2, 0.25) is 0 Å². The summed E-state index contributed by atoms with van der Waals surface area (Å²) in [7, 11) is 0. The van der Waals surface area contributed by atoms with Gasteiger partial charge in [-0.15, -0.1) is 6.42 Å². The van der Waals surface area contributed by atoms with Crippen molar-refractivity contribution in [1.29, 1.82) is 0 Å². The fourth-order valence-corrected chi connectivity index (χ4v) is 1.68. The summed E-state index contributed by atoms with van der Waals surface area (Å²) in [6, 6.07) is 0. The van der Waals surface area contributed by atoms with Crippen LogP contribution in [0.15, 0.2) is 9.64 Å². The molecule has 0 aromatic carbocycles. The van der Waals surface area contributed by atoms with Gasteiger partial charge in [0.25, 0.3) is 5.22 Å². The van der Waals surface area contributed by atoms with Gasteiger partial charge in [-0.2, -0.15) is 0 Å². The molecule has 0 bridgehead atoms. The van der Waals surface area contributed by atoms with Crippen molar-refractivity contribution < 1.29 is 4.42 Å². The van der Waals surface area contributed by atoms with Gasteiger partial charge >= 0.3 is 0 Å². The quantitative estimate of drug-likeness (QED) is 0.455. The van der Waals surface area contributed by atoms with Crippen molar-refractivity contribution in [3.63, 3.8) is 0 Å². The van der Waals surface area contributed by atoms with Gasteiger partial charge < -0.3 is 9.73 Å². The van der Waals surface area contributed by atoms with Crippen molar-refractivity contribution in [1.82, 2.24) is 10.3 Å². The first-order valence-electron chi connectivity index (χ1n) is 4.45. The summed E-state index contributed by atoms with van der Waals surface area (Å²) in [5, 5.41) is 3.84. The number of aromatic nitrogens is 1. The standard InChI is InChI=1S/C10H14N2OS/c1-4-5-11-6-7-14-10-12-8(2)9(3)13-10/h1,11H,5-7H2,2-3H3. The van der Waals surface area contributed by atoms with Crippen LogP contribution in [0.2, 0.25) is 0 Å². The molecule has 76 valence electrons. The van der Waals surface area contributed by atoms with Crippen LogP contribution in [-0.2, 0) is 0 Å². The highest BCUT2D eigenvalue weighted by Gasteiger charge is 2.04. The molecular weight excluding hydrogens is 196 g/mol. The molecule has 0 saturated carbocycles. The molecule has 0 amide bonds. The smallest absolute Gasteiger partial charge is 0.256 e. The van der Waals surface area contributed by atoms with Crippen LogP contribution in [0.1, 0.15) is 11.5 Å². The van der Waals surface area contributed by atoms with Gasteiger partial charge in [0.1, 0.15) is 5.76 Å². The van der Waals surface area contributed by atoms with E-state index in [4.69, 9.17) is 10.8 Å². The van der Waals surface area contributed by atoms with E-state index in [0.29, 0.717) is 6.54 Å². The van der Waals surface area contributed by atoms with Crippen LogP contribution in [0.4, 0.5) is 0 Å². The molecule has 0 radical (unpaired) electrons. The minimum atomic E-state index is 0.615. The predicted octanol–water partition coefficient (Wildman–Crippen LogP) is 1.61. The van der Waals surface area contributed by atoms with Gasteiger partial charge in [0.05, 0.1) is 12.2 Å². The monoisotopic (exact) mass is 210 g/mol. The summed E-state index contributed by atoms with van der Waals surface area (Å²) >= 11 is 1.60.